The van der Waals surface area contributed by atoms with Crippen LogP contribution >= 0.6 is 11.3 Å². The van der Waals surface area contributed by atoms with Crippen molar-refractivity contribution in [2.75, 3.05) is 6.61 Å². The molecule has 0 bridgehead atoms. The highest BCUT2D eigenvalue weighted by Gasteiger charge is 2.32. The van der Waals surface area contributed by atoms with Gasteiger partial charge >= 0.3 is 0 Å². The number of nitrogens with zero attached hydrogens (tertiary/aromatic N) is 2. The van der Waals surface area contributed by atoms with E-state index in [1.807, 2.05) is 39.0 Å². The van der Waals surface area contributed by atoms with Crippen molar-refractivity contribution in [2.45, 2.75) is 33.6 Å². The maximum absolute atomic E-state index is 12.2. The minimum absolute atomic E-state index is 0.0766. The van der Waals surface area contributed by atoms with Crippen molar-refractivity contribution >= 4 is 38.7 Å². The van der Waals surface area contributed by atoms with E-state index in [-0.39, 0.29) is 17.0 Å². The first-order valence-corrected chi connectivity index (χ1v) is 8.72. The van der Waals surface area contributed by atoms with Gasteiger partial charge in [0, 0.05) is 19.1 Å². The summed E-state index contributed by atoms with van der Waals surface area (Å²) in [6.07, 6.45) is 2.34. The number of ether oxygens (including phenoxy) is 1. The number of allylic oxidation sites excluding steroid dienone is 2. The standard InChI is InChI=1S/C18H20N2O3S/c1-4-23-11-5-6-13-16(7-11)24-17(20-13)19-10-12-14(21)8-18(2,3)9-15(12)22/h5-7,10,21H,4,8-9H2,1-3H3/b19-10+. The van der Waals surface area contributed by atoms with Gasteiger partial charge in [-0.1, -0.05) is 25.2 Å². The van der Waals surface area contributed by atoms with E-state index in [1.54, 1.807) is 0 Å². The van der Waals surface area contributed by atoms with Gasteiger partial charge < -0.3 is 9.84 Å². The summed E-state index contributed by atoms with van der Waals surface area (Å²) in [4.78, 5) is 20.9. The Morgan fingerprint density at radius 1 is 1.42 bits per heavy atom. The summed E-state index contributed by atoms with van der Waals surface area (Å²) in [7, 11) is 0. The Balaban J connectivity index is 1.86. The summed E-state index contributed by atoms with van der Waals surface area (Å²) < 4.78 is 6.46. The highest BCUT2D eigenvalue weighted by molar-refractivity contribution is 7.22. The van der Waals surface area contributed by atoms with E-state index in [4.69, 9.17) is 4.74 Å². The Kier molecular flexibility index (Phi) is 4.41. The van der Waals surface area contributed by atoms with E-state index >= 15 is 0 Å². The third kappa shape index (κ3) is 3.48. The molecule has 5 nitrogen and oxygen atoms in total. The number of thiazole rings is 1. The van der Waals surface area contributed by atoms with Gasteiger partial charge in [0.1, 0.15) is 11.5 Å². The Bertz CT molecular complexity index is 849. The second-order valence-corrected chi connectivity index (χ2v) is 7.63. The Hall–Kier alpha value is -2.21. The maximum atomic E-state index is 12.2. The number of rotatable bonds is 4. The lowest BCUT2D eigenvalue weighted by atomic mass is 9.77. The van der Waals surface area contributed by atoms with Crippen molar-refractivity contribution in [3.8, 4) is 5.75 Å². The predicted octanol–water partition coefficient (Wildman–Crippen LogP) is 4.60. The van der Waals surface area contributed by atoms with Gasteiger partial charge in [0.15, 0.2) is 5.78 Å². The first kappa shape index (κ1) is 16.6. The number of aliphatic hydroxyl groups excluding tert-OH is 1. The molecule has 6 heteroatoms. The van der Waals surface area contributed by atoms with Crippen molar-refractivity contribution in [1.82, 2.24) is 4.98 Å². The van der Waals surface area contributed by atoms with Crippen molar-refractivity contribution in [3.05, 3.63) is 29.5 Å². The normalized spacial score (nSPS) is 17.9. The van der Waals surface area contributed by atoms with Crippen LogP contribution in [0.4, 0.5) is 5.13 Å². The van der Waals surface area contributed by atoms with Gasteiger partial charge in [-0.15, -0.1) is 0 Å². The summed E-state index contributed by atoms with van der Waals surface area (Å²) in [5.74, 6) is 0.834. The van der Waals surface area contributed by atoms with Crippen LogP contribution in [0.25, 0.3) is 10.2 Å². The van der Waals surface area contributed by atoms with Gasteiger partial charge in [-0.25, -0.2) is 9.98 Å². The van der Waals surface area contributed by atoms with Crippen LogP contribution in [0, 0.1) is 5.41 Å². The lowest BCUT2D eigenvalue weighted by molar-refractivity contribution is -0.117. The third-order valence-corrected chi connectivity index (χ3v) is 4.79. The molecule has 1 aromatic heterocycles. The molecule has 0 unspecified atom stereocenters. The molecule has 1 aliphatic carbocycles. The maximum Gasteiger partial charge on any atom is 0.210 e. The van der Waals surface area contributed by atoms with Gasteiger partial charge in [-0.05, 0) is 30.5 Å². The van der Waals surface area contributed by atoms with Crippen LogP contribution in [0.5, 0.6) is 5.75 Å². The van der Waals surface area contributed by atoms with Gasteiger partial charge in [-0.2, -0.15) is 0 Å². The van der Waals surface area contributed by atoms with Crippen LogP contribution in [0.1, 0.15) is 33.6 Å². The molecular weight excluding hydrogens is 324 g/mol. The van der Waals surface area contributed by atoms with Crippen LogP contribution in [0.3, 0.4) is 0 Å². The van der Waals surface area contributed by atoms with E-state index in [0.29, 0.717) is 30.2 Å². The molecule has 1 aliphatic rings. The first-order chi connectivity index (χ1) is 11.4. The lowest BCUT2D eigenvalue weighted by Gasteiger charge is -2.28. The fourth-order valence-corrected chi connectivity index (χ4v) is 3.61. The molecule has 0 saturated carbocycles. The zero-order valence-corrected chi connectivity index (χ0v) is 14.8. The molecule has 24 heavy (non-hydrogen) atoms. The van der Waals surface area contributed by atoms with Crippen molar-refractivity contribution in [2.24, 2.45) is 10.4 Å². The van der Waals surface area contributed by atoms with Crippen LogP contribution in [0.15, 0.2) is 34.5 Å². The van der Waals surface area contributed by atoms with Gasteiger partial charge in [0.25, 0.3) is 0 Å². The van der Waals surface area contributed by atoms with Crippen molar-refractivity contribution in [3.63, 3.8) is 0 Å². The van der Waals surface area contributed by atoms with Crippen LogP contribution < -0.4 is 4.74 Å². The average molecular weight is 344 g/mol. The molecule has 0 radical (unpaired) electrons. The van der Waals surface area contributed by atoms with E-state index in [9.17, 15) is 9.90 Å². The van der Waals surface area contributed by atoms with E-state index in [2.05, 4.69) is 9.98 Å². The topological polar surface area (TPSA) is 71.8 Å². The fourth-order valence-electron chi connectivity index (χ4n) is 2.77. The molecule has 2 aromatic rings. The quantitative estimate of drug-likeness (QED) is 0.823. The molecule has 0 atom stereocenters. The third-order valence-electron chi connectivity index (χ3n) is 3.86. The lowest BCUT2D eigenvalue weighted by Crippen LogP contribution is -2.26. The second-order valence-electron chi connectivity index (χ2n) is 6.62. The zero-order valence-electron chi connectivity index (χ0n) is 14.0. The minimum Gasteiger partial charge on any atom is -0.511 e. The van der Waals surface area contributed by atoms with Gasteiger partial charge in [0.2, 0.25) is 5.13 Å². The van der Waals surface area contributed by atoms with Crippen LogP contribution in [-0.4, -0.2) is 28.7 Å². The summed E-state index contributed by atoms with van der Waals surface area (Å²) in [5.41, 5.74) is 0.929. The number of carbonyl (C=O) groups excluding carboxylic acids is 1. The summed E-state index contributed by atoms with van der Waals surface area (Å²) in [6.45, 7) is 6.49. The number of hydrogen-bond donors (Lipinski definition) is 1. The van der Waals surface area contributed by atoms with Crippen LogP contribution in [0.2, 0.25) is 0 Å². The summed E-state index contributed by atoms with van der Waals surface area (Å²) >= 11 is 1.42. The smallest absolute Gasteiger partial charge is 0.210 e. The molecule has 0 amide bonds. The number of aliphatic imine (C=N–C) groups is 1. The van der Waals surface area contributed by atoms with Gasteiger partial charge in [-0.3, -0.25) is 4.79 Å². The minimum atomic E-state index is -0.204. The van der Waals surface area contributed by atoms with Crippen LogP contribution in [-0.2, 0) is 4.79 Å². The van der Waals surface area contributed by atoms with Crippen molar-refractivity contribution in [1.29, 1.82) is 0 Å². The van der Waals surface area contributed by atoms with E-state index in [1.165, 1.54) is 17.6 Å². The Labute approximate surface area is 144 Å². The number of carbonyl (C=O) groups is 1. The first-order valence-electron chi connectivity index (χ1n) is 7.91. The predicted molar refractivity (Wildman–Crippen MR) is 96.6 cm³/mol. The number of aliphatic hydroxyl groups is 1. The number of Topliss-reactive ketones (excluding diaryl/α,β-unsaturated/α-hetero) is 1. The number of hydrogen-bond acceptors (Lipinski definition) is 6. The van der Waals surface area contributed by atoms with E-state index < -0.39 is 0 Å². The number of ketones is 1. The summed E-state index contributed by atoms with van der Waals surface area (Å²) in [5, 5.41) is 10.7. The Morgan fingerprint density at radius 3 is 2.92 bits per heavy atom. The zero-order chi connectivity index (χ0) is 17.3. The summed E-state index contributed by atoms with van der Waals surface area (Å²) in [6, 6.07) is 5.70. The SMILES string of the molecule is CCOc1ccc2nc(/N=C/C3=C(O)CC(C)(C)CC3=O)sc2c1. The molecular formula is C18H20N2O3S. The molecule has 1 aromatic carbocycles. The Morgan fingerprint density at radius 2 is 2.21 bits per heavy atom. The monoisotopic (exact) mass is 344 g/mol. The molecule has 0 aliphatic heterocycles. The largest absolute Gasteiger partial charge is 0.511 e. The number of aromatic nitrogens is 1. The highest BCUT2D eigenvalue weighted by Crippen LogP contribution is 2.36. The molecule has 3 rings (SSSR count). The molecule has 0 fully saturated rings. The number of fused-ring (bicyclic) bond motifs is 1. The molecule has 0 spiro atoms. The molecule has 0 saturated heterocycles. The molecule has 1 heterocycles. The van der Waals surface area contributed by atoms with Crippen molar-refractivity contribution < 1.29 is 14.6 Å². The molecule has 126 valence electrons. The second kappa shape index (κ2) is 6.36. The van der Waals surface area contributed by atoms with E-state index in [0.717, 1.165) is 16.0 Å². The molecule has 1 N–H and O–H groups in total. The number of benzene rings is 1. The highest BCUT2D eigenvalue weighted by atomic mass is 32.1. The van der Waals surface area contributed by atoms with Gasteiger partial charge in [0.05, 0.1) is 22.4 Å². The fraction of sp³-hybridized carbons (Fsp3) is 0.389. The average Bonchev–Trinajstić information content (AvgIpc) is 2.87.